The lowest BCUT2D eigenvalue weighted by atomic mass is 10.6. The first-order valence-electron chi connectivity index (χ1n) is 4.70. The molecule has 0 saturated carbocycles. The van der Waals surface area contributed by atoms with Gasteiger partial charge in [-0.25, -0.2) is 9.67 Å². The smallest absolute Gasteiger partial charge is 0.209 e. The summed E-state index contributed by atoms with van der Waals surface area (Å²) >= 11 is 3.15. The Labute approximate surface area is 101 Å². The van der Waals surface area contributed by atoms with Gasteiger partial charge in [0.1, 0.15) is 0 Å². The summed E-state index contributed by atoms with van der Waals surface area (Å²) in [6.07, 6.45) is 0. The molecule has 0 aliphatic rings. The van der Waals surface area contributed by atoms with Crippen molar-refractivity contribution in [2.24, 2.45) is 0 Å². The number of thiazole rings is 1. The molecule has 6 nitrogen and oxygen atoms in total. The number of aromatic nitrogens is 5. The molecule has 86 valence electrons. The molecule has 0 aromatic carbocycles. The Bertz CT molecular complexity index is 455. The van der Waals surface area contributed by atoms with Crippen LogP contribution in [0.1, 0.15) is 10.7 Å². The van der Waals surface area contributed by atoms with E-state index in [1.165, 1.54) is 11.8 Å². The van der Waals surface area contributed by atoms with Gasteiger partial charge in [0, 0.05) is 11.1 Å². The fourth-order valence-electron chi connectivity index (χ4n) is 1.15. The van der Waals surface area contributed by atoms with Gasteiger partial charge in [-0.1, -0.05) is 11.8 Å². The molecule has 1 N–H and O–H groups in total. The second kappa shape index (κ2) is 5.37. The second-order valence-electron chi connectivity index (χ2n) is 3.05. The van der Waals surface area contributed by atoms with Crippen LogP contribution in [0.4, 0.5) is 0 Å². The van der Waals surface area contributed by atoms with Crippen LogP contribution in [0.5, 0.6) is 0 Å². The van der Waals surface area contributed by atoms with Gasteiger partial charge in [-0.15, -0.1) is 16.4 Å². The summed E-state index contributed by atoms with van der Waals surface area (Å²) in [4.78, 5) is 4.36. The van der Waals surface area contributed by atoms with Crippen molar-refractivity contribution >= 4 is 23.1 Å². The number of hydrogen-bond acceptors (Lipinski definition) is 7. The van der Waals surface area contributed by atoms with Gasteiger partial charge < -0.3 is 5.11 Å². The Balaban J connectivity index is 1.96. The van der Waals surface area contributed by atoms with E-state index in [2.05, 4.69) is 20.5 Å². The molecule has 0 unspecified atom stereocenters. The van der Waals surface area contributed by atoms with E-state index >= 15 is 0 Å². The van der Waals surface area contributed by atoms with Crippen molar-refractivity contribution in [3.63, 3.8) is 0 Å². The number of tetrazole rings is 1. The number of nitrogens with zero attached hydrogens (tertiary/aromatic N) is 5. The van der Waals surface area contributed by atoms with E-state index in [1.807, 2.05) is 12.3 Å². The summed E-state index contributed by atoms with van der Waals surface area (Å²) < 4.78 is 1.59. The van der Waals surface area contributed by atoms with E-state index in [4.69, 9.17) is 5.11 Å². The van der Waals surface area contributed by atoms with E-state index in [0.717, 1.165) is 16.5 Å². The van der Waals surface area contributed by atoms with E-state index in [0.29, 0.717) is 11.7 Å². The Kier molecular flexibility index (Phi) is 3.86. The summed E-state index contributed by atoms with van der Waals surface area (Å²) in [6, 6.07) is 0. The standard InChI is InChI=1S/C8H11N5OS2/c1-6-9-7(4-15-6)5-16-8-10-11-12-13(8)2-3-14/h4,14H,2-3,5H2,1H3. The Hall–Kier alpha value is -0.990. The van der Waals surface area contributed by atoms with Crippen LogP contribution in [0.15, 0.2) is 10.5 Å². The quantitative estimate of drug-likeness (QED) is 0.795. The average Bonchev–Trinajstić information content (AvgIpc) is 2.85. The zero-order chi connectivity index (χ0) is 11.4. The van der Waals surface area contributed by atoms with Gasteiger partial charge in [0.15, 0.2) is 0 Å². The lowest BCUT2D eigenvalue weighted by Crippen LogP contribution is -2.05. The highest BCUT2D eigenvalue weighted by Gasteiger charge is 2.07. The highest BCUT2D eigenvalue weighted by atomic mass is 32.2. The number of rotatable bonds is 5. The SMILES string of the molecule is Cc1nc(CSc2nnnn2CCO)cs1. The second-order valence-corrected chi connectivity index (χ2v) is 5.06. The van der Waals surface area contributed by atoms with Crippen LogP contribution in [0.25, 0.3) is 0 Å². The lowest BCUT2D eigenvalue weighted by molar-refractivity contribution is 0.262. The molecule has 2 aromatic heterocycles. The van der Waals surface area contributed by atoms with Crippen molar-refractivity contribution in [2.45, 2.75) is 24.4 Å². The maximum Gasteiger partial charge on any atom is 0.209 e. The van der Waals surface area contributed by atoms with Gasteiger partial charge in [-0.05, 0) is 17.4 Å². The minimum absolute atomic E-state index is 0.0361. The van der Waals surface area contributed by atoms with Crippen LogP contribution in [0.3, 0.4) is 0 Å². The monoisotopic (exact) mass is 257 g/mol. The summed E-state index contributed by atoms with van der Waals surface area (Å²) in [7, 11) is 0. The van der Waals surface area contributed by atoms with Gasteiger partial charge in [-0.2, -0.15) is 0 Å². The molecule has 0 saturated heterocycles. The van der Waals surface area contributed by atoms with E-state index in [9.17, 15) is 0 Å². The van der Waals surface area contributed by atoms with Crippen LogP contribution in [0, 0.1) is 6.92 Å². The van der Waals surface area contributed by atoms with Crippen molar-refractivity contribution in [2.75, 3.05) is 6.61 Å². The van der Waals surface area contributed by atoms with Crippen molar-refractivity contribution in [3.8, 4) is 0 Å². The molecule has 8 heteroatoms. The third-order valence-electron chi connectivity index (χ3n) is 1.83. The molecule has 0 bridgehead atoms. The van der Waals surface area contributed by atoms with Crippen LogP contribution in [-0.4, -0.2) is 36.9 Å². The molecule has 0 aliphatic carbocycles. The molecule has 2 rings (SSSR count). The van der Waals surface area contributed by atoms with Gasteiger partial charge in [0.05, 0.1) is 23.9 Å². The molecule has 0 amide bonds. The summed E-state index contributed by atoms with van der Waals surface area (Å²) in [6.45, 7) is 2.44. The van der Waals surface area contributed by atoms with Crippen LogP contribution in [0.2, 0.25) is 0 Å². The number of thioether (sulfide) groups is 1. The van der Waals surface area contributed by atoms with Crippen molar-refractivity contribution in [1.29, 1.82) is 0 Å². The molecule has 0 radical (unpaired) electrons. The molecule has 0 aliphatic heterocycles. The van der Waals surface area contributed by atoms with Crippen LogP contribution >= 0.6 is 23.1 Å². The van der Waals surface area contributed by atoms with Crippen LogP contribution in [-0.2, 0) is 12.3 Å². The van der Waals surface area contributed by atoms with Gasteiger partial charge in [0.2, 0.25) is 5.16 Å². The number of aliphatic hydroxyl groups excluding tert-OH is 1. The largest absolute Gasteiger partial charge is 0.394 e. The van der Waals surface area contributed by atoms with Crippen molar-refractivity contribution < 1.29 is 5.11 Å². The van der Waals surface area contributed by atoms with E-state index in [1.54, 1.807) is 16.0 Å². The average molecular weight is 257 g/mol. The maximum absolute atomic E-state index is 8.81. The highest BCUT2D eigenvalue weighted by molar-refractivity contribution is 7.98. The minimum Gasteiger partial charge on any atom is -0.394 e. The number of hydrogen-bond donors (Lipinski definition) is 1. The summed E-state index contributed by atoms with van der Waals surface area (Å²) in [5.74, 6) is 0.746. The first-order chi connectivity index (χ1) is 7.79. The van der Waals surface area contributed by atoms with Gasteiger partial charge >= 0.3 is 0 Å². The van der Waals surface area contributed by atoms with E-state index < -0.39 is 0 Å². The number of aliphatic hydroxyl groups is 1. The normalized spacial score (nSPS) is 10.9. The third kappa shape index (κ3) is 2.77. The Morgan fingerprint density at radius 3 is 3.12 bits per heavy atom. The number of aryl methyl sites for hydroxylation is 1. The molecular weight excluding hydrogens is 246 g/mol. The molecule has 0 fully saturated rings. The molecule has 0 spiro atoms. The lowest BCUT2D eigenvalue weighted by Gasteiger charge is -2.00. The van der Waals surface area contributed by atoms with E-state index in [-0.39, 0.29) is 6.61 Å². The Morgan fingerprint density at radius 1 is 1.56 bits per heavy atom. The predicted octanol–water partition coefficient (Wildman–Crippen LogP) is 0.723. The van der Waals surface area contributed by atoms with Gasteiger partial charge in [-0.3, -0.25) is 0 Å². The first kappa shape index (κ1) is 11.5. The van der Waals surface area contributed by atoms with Crippen molar-refractivity contribution in [3.05, 3.63) is 16.1 Å². The van der Waals surface area contributed by atoms with Crippen LogP contribution < -0.4 is 0 Å². The summed E-state index contributed by atoms with van der Waals surface area (Å²) in [5, 5.41) is 23.9. The summed E-state index contributed by atoms with van der Waals surface area (Å²) in [5.41, 5.74) is 1.03. The maximum atomic E-state index is 8.81. The zero-order valence-corrected chi connectivity index (χ0v) is 10.3. The highest BCUT2D eigenvalue weighted by Crippen LogP contribution is 2.20. The zero-order valence-electron chi connectivity index (χ0n) is 8.70. The fourth-order valence-corrected chi connectivity index (χ4v) is 2.66. The fraction of sp³-hybridized carbons (Fsp3) is 0.500. The first-order valence-corrected chi connectivity index (χ1v) is 6.57. The molecule has 16 heavy (non-hydrogen) atoms. The molecule has 2 heterocycles. The topological polar surface area (TPSA) is 76.7 Å². The Morgan fingerprint density at radius 2 is 2.44 bits per heavy atom. The van der Waals surface area contributed by atoms with Gasteiger partial charge in [0.25, 0.3) is 0 Å². The minimum atomic E-state index is 0.0361. The molecular formula is C8H11N5OS2. The predicted molar refractivity (Wildman–Crippen MR) is 61.3 cm³/mol. The van der Waals surface area contributed by atoms with Crippen molar-refractivity contribution in [1.82, 2.24) is 25.2 Å². The molecule has 0 atom stereocenters. The molecule has 2 aromatic rings. The third-order valence-corrected chi connectivity index (χ3v) is 3.64.